The van der Waals surface area contributed by atoms with Crippen molar-refractivity contribution in [3.8, 4) is 5.75 Å². The van der Waals surface area contributed by atoms with E-state index < -0.39 is 28.5 Å². The Bertz CT molecular complexity index is 1280. The summed E-state index contributed by atoms with van der Waals surface area (Å²) in [5.74, 6) is -0.326. The molecule has 0 aliphatic rings. The lowest BCUT2D eigenvalue weighted by Gasteiger charge is -2.33. The lowest BCUT2D eigenvalue weighted by atomic mass is 10.1. The molecule has 0 aliphatic carbocycles. The zero-order valence-electron chi connectivity index (χ0n) is 21.3. The number of carbonyl (C=O) groups is 2. The van der Waals surface area contributed by atoms with Crippen LogP contribution >= 0.6 is 0 Å². The fraction of sp³-hybridized carbons (Fsp3) is 0.286. The second-order valence-corrected chi connectivity index (χ2v) is 10.2. The molecule has 0 aliphatic heterocycles. The van der Waals surface area contributed by atoms with Crippen LogP contribution in [0.1, 0.15) is 18.9 Å². The number of sulfonamides is 1. The number of anilines is 1. The van der Waals surface area contributed by atoms with Gasteiger partial charge in [-0.3, -0.25) is 13.9 Å². The van der Waals surface area contributed by atoms with Gasteiger partial charge in [-0.05, 0) is 42.7 Å². The number of hydrogen-bond donors (Lipinski definition) is 1. The number of benzene rings is 3. The summed E-state index contributed by atoms with van der Waals surface area (Å²) >= 11 is 0. The summed E-state index contributed by atoms with van der Waals surface area (Å²) in [5, 5.41) is 2.62. The van der Waals surface area contributed by atoms with Gasteiger partial charge in [-0.15, -0.1) is 0 Å². The maximum Gasteiger partial charge on any atom is 0.264 e. The van der Waals surface area contributed by atoms with Gasteiger partial charge in [0.05, 0.1) is 17.7 Å². The average Bonchev–Trinajstić information content (AvgIpc) is 2.94. The van der Waals surface area contributed by atoms with Crippen LogP contribution in [0.2, 0.25) is 0 Å². The first-order valence-corrected chi connectivity index (χ1v) is 13.5. The Morgan fingerprint density at radius 1 is 0.946 bits per heavy atom. The van der Waals surface area contributed by atoms with E-state index in [4.69, 9.17) is 4.74 Å². The molecule has 0 bridgehead atoms. The summed E-state index contributed by atoms with van der Waals surface area (Å²) in [5.41, 5.74) is 1.29. The van der Waals surface area contributed by atoms with Gasteiger partial charge < -0.3 is 15.0 Å². The molecule has 3 rings (SSSR count). The fourth-order valence-electron chi connectivity index (χ4n) is 4.08. The first-order valence-electron chi connectivity index (χ1n) is 12.1. The van der Waals surface area contributed by atoms with E-state index in [9.17, 15) is 18.0 Å². The van der Waals surface area contributed by atoms with E-state index in [-0.39, 0.29) is 23.0 Å². The van der Waals surface area contributed by atoms with Gasteiger partial charge >= 0.3 is 0 Å². The van der Waals surface area contributed by atoms with E-state index in [1.807, 2.05) is 37.3 Å². The van der Waals surface area contributed by atoms with Crippen LogP contribution in [0.15, 0.2) is 89.8 Å². The Kier molecular flexibility index (Phi) is 9.68. The number of carbonyl (C=O) groups excluding carboxylic acids is 2. The maximum atomic E-state index is 13.8. The van der Waals surface area contributed by atoms with Crippen LogP contribution in [0.3, 0.4) is 0 Å². The molecule has 3 aromatic rings. The normalized spacial score (nSPS) is 11.9. The standard InChI is InChI=1S/C28H33N3O5S/c1-4-26(28(33)29-2)30(19-18-22-12-7-5-8-13-22)27(32)21-31(23-14-11-15-24(20-23)36-3)37(34,35)25-16-9-6-10-17-25/h5-17,20,26H,4,18-19,21H2,1-3H3,(H,29,33)/t26-/m0/s1. The zero-order valence-corrected chi connectivity index (χ0v) is 22.1. The molecule has 1 N–H and O–H groups in total. The van der Waals surface area contributed by atoms with Crippen molar-refractivity contribution >= 4 is 27.5 Å². The molecule has 0 heterocycles. The molecule has 0 spiro atoms. The van der Waals surface area contributed by atoms with Crippen molar-refractivity contribution in [2.24, 2.45) is 0 Å². The number of amides is 2. The van der Waals surface area contributed by atoms with Gasteiger partial charge in [0, 0.05) is 19.7 Å². The number of methoxy groups -OCH3 is 1. The van der Waals surface area contributed by atoms with E-state index >= 15 is 0 Å². The molecule has 3 aromatic carbocycles. The number of ether oxygens (including phenoxy) is 1. The van der Waals surface area contributed by atoms with Gasteiger partial charge in [-0.2, -0.15) is 0 Å². The van der Waals surface area contributed by atoms with Crippen molar-refractivity contribution in [3.63, 3.8) is 0 Å². The first kappa shape index (κ1) is 27.7. The molecule has 0 fully saturated rings. The van der Waals surface area contributed by atoms with E-state index in [0.29, 0.717) is 18.6 Å². The highest BCUT2D eigenvalue weighted by Crippen LogP contribution is 2.27. The van der Waals surface area contributed by atoms with Gasteiger partial charge in [0.25, 0.3) is 10.0 Å². The highest BCUT2D eigenvalue weighted by Gasteiger charge is 2.33. The van der Waals surface area contributed by atoms with Crippen LogP contribution in [0.25, 0.3) is 0 Å². The van der Waals surface area contributed by atoms with E-state index in [2.05, 4.69) is 5.32 Å². The van der Waals surface area contributed by atoms with Crippen molar-refractivity contribution in [2.75, 3.05) is 31.6 Å². The van der Waals surface area contributed by atoms with Gasteiger partial charge in [0.15, 0.2) is 0 Å². The van der Waals surface area contributed by atoms with Crippen molar-refractivity contribution in [3.05, 3.63) is 90.5 Å². The molecule has 0 saturated heterocycles. The Labute approximate surface area is 218 Å². The molecule has 8 nitrogen and oxygen atoms in total. The smallest absolute Gasteiger partial charge is 0.264 e. The predicted molar refractivity (Wildman–Crippen MR) is 144 cm³/mol. The lowest BCUT2D eigenvalue weighted by molar-refractivity contribution is -0.139. The predicted octanol–water partition coefficient (Wildman–Crippen LogP) is 3.49. The minimum Gasteiger partial charge on any atom is -0.497 e. The number of hydrogen-bond acceptors (Lipinski definition) is 5. The molecule has 1 atom stereocenters. The Morgan fingerprint density at radius 2 is 1.59 bits per heavy atom. The van der Waals surface area contributed by atoms with Crippen LogP contribution in [0, 0.1) is 0 Å². The van der Waals surface area contributed by atoms with Crippen molar-refractivity contribution < 1.29 is 22.7 Å². The van der Waals surface area contributed by atoms with Crippen molar-refractivity contribution in [1.82, 2.24) is 10.2 Å². The summed E-state index contributed by atoms with van der Waals surface area (Å²) in [6.07, 6.45) is 0.898. The van der Waals surface area contributed by atoms with Crippen molar-refractivity contribution in [2.45, 2.75) is 30.7 Å². The van der Waals surface area contributed by atoms with Gasteiger partial charge in [0.2, 0.25) is 11.8 Å². The molecule has 9 heteroatoms. The zero-order chi connectivity index (χ0) is 26.8. The molecule has 37 heavy (non-hydrogen) atoms. The summed E-state index contributed by atoms with van der Waals surface area (Å²) in [7, 11) is -1.10. The minimum absolute atomic E-state index is 0.0554. The fourth-order valence-corrected chi connectivity index (χ4v) is 5.50. The van der Waals surface area contributed by atoms with Gasteiger partial charge in [-0.25, -0.2) is 8.42 Å². The number of nitrogens with zero attached hydrogens (tertiary/aromatic N) is 2. The van der Waals surface area contributed by atoms with Crippen LogP contribution in [0.4, 0.5) is 5.69 Å². The second-order valence-electron chi connectivity index (χ2n) is 8.39. The minimum atomic E-state index is -4.10. The Hall–Kier alpha value is -3.85. The lowest BCUT2D eigenvalue weighted by Crippen LogP contribution is -2.52. The monoisotopic (exact) mass is 523 g/mol. The molecular weight excluding hydrogens is 490 g/mol. The number of rotatable bonds is 12. The first-order chi connectivity index (χ1) is 17.8. The molecule has 196 valence electrons. The summed E-state index contributed by atoms with van der Waals surface area (Å²) in [4.78, 5) is 28.0. The molecular formula is C28H33N3O5S. The third kappa shape index (κ3) is 6.89. The SMILES string of the molecule is CC[C@@H](C(=O)NC)N(CCc1ccccc1)C(=O)CN(c1cccc(OC)c1)S(=O)(=O)c1ccccc1. The van der Waals surface area contributed by atoms with Crippen LogP contribution in [-0.4, -0.2) is 58.4 Å². The number of nitrogens with one attached hydrogen (secondary N) is 1. The van der Waals surface area contributed by atoms with E-state index in [1.165, 1.54) is 31.2 Å². The van der Waals surface area contributed by atoms with Crippen LogP contribution in [-0.2, 0) is 26.0 Å². The molecule has 0 unspecified atom stereocenters. The van der Waals surface area contributed by atoms with Crippen LogP contribution in [0.5, 0.6) is 5.75 Å². The molecule has 2 amide bonds. The maximum absolute atomic E-state index is 13.8. The third-order valence-electron chi connectivity index (χ3n) is 6.07. The summed E-state index contributed by atoms with van der Waals surface area (Å²) < 4.78 is 33.8. The second kappa shape index (κ2) is 12.9. The summed E-state index contributed by atoms with van der Waals surface area (Å²) in [6.45, 7) is 1.60. The highest BCUT2D eigenvalue weighted by molar-refractivity contribution is 7.92. The molecule has 0 aromatic heterocycles. The third-order valence-corrected chi connectivity index (χ3v) is 7.86. The Balaban J connectivity index is 2.01. The molecule has 0 radical (unpaired) electrons. The summed E-state index contributed by atoms with van der Waals surface area (Å²) in [6, 6.07) is 23.4. The quantitative estimate of drug-likeness (QED) is 0.392. The average molecular weight is 524 g/mol. The number of likely N-dealkylation sites (N-methyl/N-ethyl adjacent to an activating group) is 1. The van der Waals surface area contributed by atoms with Crippen molar-refractivity contribution in [1.29, 1.82) is 0 Å². The van der Waals surface area contributed by atoms with Gasteiger partial charge in [0.1, 0.15) is 18.3 Å². The van der Waals surface area contributed by atoms with E-state index in [0.717, 1.165) is 9.87 Å². The largest absolute Gasteiger partial charge is 0.497 e. The highest BCUT2D eigenvalue weighted by atomic mass is 32.2. The molecule has 0 saturated carbocycles. The van der Waals surface area contributed by atoms with E-state index in [1.54, 1.807) is 42.5 Å². The van der Waals surface area contributed by atoms with Crippen LogP contribution < -0.4 is 14.4 Å². The Morgan fingerprint density at radius 3 is 2.19 bits per heavy atom. The topological polar surface area (TPSA) is 96.0 Å². The van der Waals surface area contributed by atoms with Gasteiger partial charge in [-0.1, -0.05) is 61.5 Å².